The van der Waals surface area contributed by atoms with Crippen LogP contribution in [0, 0.1) is 12.7 Å². The minimum absolute atomic E-state index is 0.0967. The lowest BCUT2D eigenvalue weighted by Crippen LogP contribution is -1.87. The van der Waals surface area contributed by atoms with Gasteiger partial charge in [-0.15, -0.1) is 0 Å². The Bertz CT molecular complexity index is 445. The average molecular weight is 191 g/mol. The van der Waals surface area contributed by atoms with Crippen LogP contribution in [0.3, 0.4) is 0 Å². The molecular weight excluding hydrogens is 181 g/mol. The Morgan fingerprint density at radius 1 is 1.29 bits per heavy atom. The van der Waals surface area contributed by atoms with E-state index in [-0.39, 0.29) is 5.82 Å². The quantitative estimate of drug-likeness (QED) is 0.725. The summed E-state index contributed by atoms with van der Waals surface area (Å²) in [5.41, 5.74) is 7.50. The lowest BCUT2D eigenvalue weighted by molar-refractivity contribution is 0.636. The summed E-state index contributed by atoms with van der Waals surface area (Å²) in [6.07, 6.45) is 0. The van der Waals surface area contributed by atoms with Crippen LogP contribution < -0.4 is 5.73 Å². The van der Waals surface area contributed by atoms with Crippen LogP contribution in [0.1, 0.15) is 5.56 Å². The Kier molecular flexibility index (Phi) is 1.96. The Morgan fingerprint density at radius 2 is 1.93 bits per heavy atom. The minimum Gasteiger partial charge on any atom is -0.380 e. The van der Waals surface area contributed by atoms with Crippen LogP contribution in [0.2, 0.25) is 0 Å². The number of nitrogens with zero attached hydrogens (tertiary/aromatic N) is 1. The first-order valence-corrected chi connectivity index (χ1v) is 4.25. The molecule has 0 atom stereocenters. The van der Waals surface area contributed by atoms with Gasteiger partial charge in [-0.25, -0.2) is 4.39 Å². The van der Waals surface area contributed by atoms with Crippen LogP contribution in [-0.4, -0.2) is 10.2 Å². The fraction of sp³-hybridized carbons (Fsp3) is 0.100. The van der Waals surface area contributed by atoms with Crippen molar-refractivity contribution >= 4 is 5.82 Å². The SMILES string of the molecule is Cc1ccc(-c2[nH]nc(N)c2F)cc1. The number of aromatic amines is 1. The number of hydrogen-bond acceptors (Lipinski definition) is 2. The number of hydrogen-bond donors (Lipinski definition) is 2. The van der Waals surface area contributed by atoms with Crippen molar-refractivity contribution in [3.63, 3.8) is 0 Å². The zero-order chi connectivity index (χ0) is 10.1. The molecule has 1 heterocycles. The maximum atomic E-state index is 13.3. The second-order valence-corrected chi connectivity index (χ2v) is 3.16. The number of nitrogens with two attached hydrogens (primary N) is 1. The molecule has 72 valence electrons. The molecule has 0 radical (unpaired) electrons. The standard InChI is InChI=1S/C10H10FN3/c1-6-2-4-7(5-3-6)9-8(11)10(12)14-13-9/h2-5H,1H3,(H3,12,13,14). The van der Waals surface area contributed by atoms with Crippen molar-refractivity contribution in [3.8, 4) is 11.3 Å². The van der Waals surface area contributed by atoms with Crippen LogP contribution >= 0.6 is 0 Å². The van der Waals surface area contributed by atoms with Gasteiger partial charge in [0, 0.05) is 5.56 Å². The fourth-order valence-electron chi connectivity index (χ4n) is 1.25. The van der Waals surface area contributed by atoms with Gasteiger partial charge in [0.25, 0.3) is 0 Å². The van der Waals surface area contributed by atoms with Gasteiger partial charge in [-0.3, -0.25) is 5.10 Å². The summed E-state index contributed by atoms with van der Waals surface area (Å²) in [6, 6.07) is 7.47. The van der Waals surface area contributed by atoms with Crippen LogP contribution in [0.25, 0.3) is 11.3 Å². The van der Waals surface area contributed by atoms with Crippen molar-refractivity contribution < 1.29 is 4.39 Å². The largest absolute Gasteiger partial charge is 0.380 e. The number of aryl methyl sites for hydroxylation is 1. The minimum atomic E-state index is -0.492. The molecule has 0 spiro atoms. The van der Waals surface area contributed by atoms with E-state index in [1.165, 1.54) is 0 Å². The highest BCUT2D eigenvalue weighted by atomic mass is 19.1. The highest BCUT2D eigenvalue weighted by molar-refractivity contribution is 5.63. The molecule has 0 aliphatic heterocycles. The summed E-state index contributed by atoms with van der Waals surface area (Å²) in [7, 11) is 0. The third kappa shape index (κ3) is 1.35. The molecule has 4 heteroatoms. The molecule has 0 amide bonds. The molecule has 0 saturated heterocycles. The third-order valence-electron chi connectivity index (χ3n) is 2.07. The molecular formula is C10H10FN3. The molecule has 2 rings (SSSR count). The number of anilines is 1. The predicted molar refractivity (Wildman–Crippen MR) is 53.1 cm³/mol. The third-order valence-corrected chi connectivity index (χ3v) is 2.07. The lowest BCUT2D eigenvalue weighted by Gasteiger charge is -1.98. The number of nitrogens with one attached hydrogen (secondary N) is 1. The molecule has 0 aliphatic rings. The van der Waals surface area contributed by atoms with Gasteiger partial charge >= 0.3 is 0 Å². The summed E-state index contributed by atoms with van der Waals surface area (Å²) >= 11 is 0. The fourth-order valence-corrected chi connectivity index (χ4v) is 1.25. The van der Waals surface area contributed by atoms with Crippen molar-refractivity contribution in [2.45, 2.75) is 6.92 Å². The molecule has 0 aliphatic carbocycles. The number of aromatic nitrogens is 2. The van der Waals surface area contributed by atoms with Gasteiger partial charge in [0.05, 0.1) is 0 Å². The molecule has 0 fully saturated rings. The van der Waals surface area contributed by atoms with Gasteiger partial charge in [0.1, 0.15) is 5.69 Å². The molecule has 2 aromatic rings. The van der Waals surface area contributed by atoms with E-state index in [2.05, 4.69) is 10.2 Å². The van der Waals surface area contributed by atoms with Crippen molar-refractivity contribution in [2.75, 3.05) is 5.73 Å². The molecule has 14 heavy (non-hydrogen) atoms. The van der Waals surface area contributed by atoms with Gasteiger partial charge in [-0.05, 0) is 6.92 Å². The molecule has 1 aromatic carbocycles. The van der Waals surface area contributed by atoms with Gasteiger partial charge < -0.3 is 5.73 Å². The zero-order valence-corrected chi connectivity index (χ0v) is 7.71. The van der Waals surface area contributed by atoms with E-state index in [4.69, 9.17) is 5.73 Å². The number of H-pyrrole nitrogens is 1. The first-order chi connectivity index (χ1) is 6.68. The molecule has 0 unspecified atom stereocenters. The van der Waals surface area contributed by atoms with Crippen LogP contribution in [-0.2, 0) is 0 Å². The van der Waals surface area contributed by atoms with Gasteiger partial charge in [-0.1, -0.05) is 29.8 Å². The lowest BCUT2D eigenvalue weighted by atomic mass is 10.1. The first-order valence-electron chi connectivity index (χ1n) is 4.25. The summed E-state index contributed by atoms with van der Waals surface area (Å²) in [5.74, 6) is -0.588. The van der Waals surface area contributed by atoms with E-state index in [9.17, 15) is 4.39 Å². The molecule has 3 N–H and O–H groups in total. The topological polar surface area (TPSA) is 54.7 Å². The maximum absolute atomic E-state index is 13.3. The van der Waals surface area contributed by atoms with Crippen LogP contribution in [0.15, 0.2) is 24.3 Å². The summed E-state index contributed by atoms with van der Waals surface area (Å²) in [4.78, 5) is 0. The normalized spacial score (nSPS) is 10.4. The number of nitrogen functional groups attached to an aromatic ring is 1. The van der Waals surface area contributed by atoms with E-state index in [1.807, 2.05) is 31.2 Å². The Labute approximate surface area is 80.8 Å². The average Bonchev–Trinajstić information content (AvgIpc) is 2.50. The molecule has 0 bridgehead atoms. The van der Waals surface area contributed by atoms with Gasteiger partial charge in [-0.2, -0.15) is 5.10 Å². The van der Waals surface area contributed by atoms with Gasteiger partial charge in [0.2, 0.25) is 0 Å². The van der Waals surface area contributed by atoms with Crippen molar-refractivity contribution in [3.05, 3.63) is 35.6 Å². The van der Waals surface area contributed by atoms with Crippen molar-refractivity contribution in [1.29, 1.82) is 0 Å². The summed E-state index contributed by atoms with van der Waals surface area (Å²) in [6.45, 7) is 1.97. The highest BCUT2D eigenvalue weighted by Gasteiger charge is 2.11. The van der Waals surface area contributed by atoms with E-state index in [0.29, 0.717) is 5.69 Å². The first kappa shape index (κ1) is 8.74. The second-order valence-electron chi connectivity index (χ2n) is 3.16. The Morgan fingerprint density at radius 3 is 2.43 bits per heavy atom. The van der Waals surface area contributed by atoms with E-state index < -0.39 is 5.82 Å². The van der Waals surface area contributed by atoms with E-state index in [1.54, 1.807) is 0 Å². The summed E-state index contributed by atoms with van der Waals surface area (Å²) < 4.78 is 13.3. The van der Waals surface area contributed by atoms with Gasteiger partial charge in [0.15, 0.2) is 11.6 Å². The molecule has 1 aromatic heterocycles. The number of halogens is 1. The molecule has 0 saturated carbocycles. The zero-order valence-electron chi connectivity index (χ0n) is 7.71. The van der Waals surface area contributed by atoms with E-state index >= 15 is 0 Å². The maximum Gasteiger partial charge on any atom is 0.192 e. The van der Waals surface area contributed by atoms with Crippen molar-refractivity contribution in [2.24, 2.45) is 0 Å². The van der Waals surface area contributed by atoms with Crippen molar-refractivity contribution in [1.82, 2.24) is 10.2 Å². The Hall–Kier alpha value is -1.84. The van der Waals surface area contributed by atoms with E-state index in [0.717, 1.165) is 11.1 Å². The smallest absolute Gasteiger partial charge is 0.192 e. The number of rotatable bonds is 1. The predicted octanol–water partition coefficient (Wildman–Crippen LogP) is 2.11. The number of benzene rings is 1. The summed E-state index contributed by atoms with van der Waals surface area (Å²) in [5, 5.41) is 6.15. The monoisotopic (exact) mass is 191 g/mol. The second kappa shape index (κ2) is 3.14. The van der Waals surface area contributed by atoms with Crippen LogP contribution in [0.5, 0.6) is 0 Å². The van der Waals surface area contributed by atoms with Crippen LogP contribution in [0.4, 0.5) is 10.2 Å². The Balaban J connectivity index is 2.49. The highest BCUT2D eigenvalue weighted by Crippen LogP contribution is 2.23. The molecule has 3 nitrogen and oxygen atoms in total.